The van der Waals surface area contributed by atoms with Gasteiger partial charge in [0.15, 0.2) is 11.5 Å². The molecule has 4 rings (SSSR count). The number of rotatable bonds is 4. The molecule has 1 atom stereocenters. The van der Waals surface area contributed by atoms with Gasteiger partial charge in [0.1, 0.15) is 19.3 Å². The number of nitrogens with zero attached hydrogens (tertiary/aromatic N) is 2. The molecule has 0 aromatic heterocycles. The summed E-state index contributed by atoms with van der Waals surface area (Å²) in [5, 5.41) is 3.29. The summed E-state index contributed by atoms with van der Waals surface area (Å²) in [5.74, 6) is 1.60. The van der Waals surface area contributed by atoms with Crippen molar-refractivity contribution in [3.05, 3.63) is 48.5 Å². The predicted molar refractivity (Wildman–Crippen MR) is 106 cm³/mol. The van der Waals surface area contributed by atoms with Crippen LogP contribution in [-0.2, 0) is 4.79 Å². The summed E-state index contributed by atoms with van der Waals surface area (Å²) in [5.41, 5.74) is 2.08. The molecule has 0 bridgehead atoms. The zero-order valence-electron chi connectivity index (χ0n) is 15.6. The lowest BCUT2D eigenvalue weighted by Gasteiger charge is -2.37. The van der Waals surface area contributed by atoms with Gasteiger partial charge in [0.05, 0.1) is 0 Å². The molecule has 6 heteroatoms. The first kappa shape index (κ1) is 17.5. The Balaban J connectivity index is 1.33. The van der Waals surface area contributed by atoms with Crippen LogP contribution in [0, 0.1) is 0 Å². The summed E-state index contributed by atoms with van der Waals surface area (Å²) in [7, 11) is 0. The minimum Gasteiger partial charge on any atom is -0.486 e. The van der Waals surface area contributed by atoms with Crippen molar-refractivity contribution in [3.8, 4) is 11.5 Å². The molecular formula is C21H25N3O3. The SMILES string of the molecule is CC(Nc1ccc2c(c1)OCCO2)C(=O)N1CCN(c2ccccc2)CC1. The molecule has 0 radical (unpaired) electrons. The summed E-state index contributed by atoms with van der Waals surface area (Å²) in [4.78, 5) is 17.1. The maximum Gasteiger partial charge on any atom is 0.244 e. The summed E-state index contributed by atoms with van der Waals surface area (Å²) < 4.78 is 11.2. The Hall–Kier alpha value is -2.89. The van der Waals surface area contributed by atoms with Crippen LogP contribution >= 0.6 is 0 Å². The predicted octanol–water partition coefficient (Wildman–Crippen LogP) is 2.61. The standard InChI is InChI=1S/C21H25N3O3/c1-16(22-17-7-8-19-20(15-17)27-14-13-26-19)21(25)24-11-9-23(10-12-24)18-5-3-2-4-6-18/h2-8,15-16,22H,9-14H2,1H3. The van der Waals surface area contributed by atoms with Crippen LogP contribution in [-0.4, -0.2) is 56.2 Å². The lowest BCUT2D eigenvalue weighted by Crippen LogP contribution is -2.52. The van der Waals surface area contributed by atoms with Gasteiger partial charge in [-0.25, -0.2) is 0 Å². The molecule has 27 heavy (non-hydrogen) atoms. The van der Waals surface area contributed by atoms with Gasteiger partial charge in [0.2, 0.25) is 5.91 Å². The van der Waals surface area contributed by atoms with E-state index in [1.807, 2.05) is 48.2 Å². The molecule has 2 heterocycles. The molecule has 0 saturated carbocycles. The lowest BCUT2D eigenvalue weighted by molar-refractivity contribution is -0.131. The molecule has 1 unspecified atom stereocenters. The maximum absolute atomic E-state index is 12.8. The molecule has 1 amide bonds. The second kappa shape index (κ2) is 7.78. The first-order valence-corrected chi connectivity index (χ1v) is 9.46. The van der Waals surface area contributed by atoms with Crippen molar-refractivity contribution in [2.24, 2.45) is 0 Å². The van der Waals surface area contributed by atoms with Crippen LogP contribution in [0.5, 0.6) is 11.5 Å². The summed E-state index contributed by atoms with van der Waals surface area (Å²) in [6, 6.07) is 15.7. The first-order valence-electron chi connectivity index (χ1n) is 9.46. The molecule has 6 nitrogen and oxygen atoms in total. The van der Waals surface area contributed by atoms with Crippen LogP contribution in [0.4, 0.5) is 11.4 Å². The van der Waals surface area contributed by atoms with Crippen molar-refractivity contribution in [1.82, 2.24) is 4.90 Å². The van der Waals surface area contributed by atoms with Gasteiger partial charge in [-0.15, -0.1) is 0 Å². The molecule has 2 aliphatic heterocycles. The van der Waals surface area contributed by atoms with E-state index in [0.29, 0.717) is 13.2 Å². The minimum absolute atomic E-state index is 0.123. The number of ether oxygens (including phenoxy) is 2. The van der Waals surface area contributed by atoms with Gasteiger partial charge in [0, 0.05) is 43.6 Å². The van der Waals surface area contributed by atoms with Crippen molar-refractivity contribution < 1.29 is 14.3 Å². The van der Waals surface area contributed by atoms with E-state index in [2.05, 4.69) is 22.3 Å². The topological polar surface area (TPSA) is 54.0 Å². The molecule has 1 saturated heterocycles. The quantitative estimate of drug-likeness (QED) is 0.900. The Morgan fingerprint density at radius 3 is 2.41 bits per heavy atom. The lowest BCUT2D eigenvalue weighted by atomic mass is 10.2. The molecule has 2 aliphatic rings. The maximum atomic E-state index is 12.8. The number of carbonyl (C=O) groups is 1. The summed E-state index contributed by atoms with van der Waals surface area (Å²) in [6.45, 7) is 6.21. The first-order chi connectivity index (χ1) is 13.2. The van der Waals surface area contributed by atoms with E-state index >= 15 is 0 Å². The normalized spacial score (nSPS) is 17.4. The fourth-order valence-corrected chi connectivity index (χ4v) is 3.54. The van der Waals surface area contributed by atoms with Crippen molar-refractivity contribution in [2.45, 2.75) is 13.0 Å². The van der Waals surface area contributed by atoms with Gasteiger partial charge in [-0.2, -0.15) is 0 Å². The highest BCUT2D eigenvalue weighted by Gasteiger charge is 2.25. The molecular weight excluding hydrogens is 342 g/mol. The van der Waals surface area contributed by atoms with Crippen LogP contribution in [0.1, 0.15) is 6.92 Å². The average molecular weight is 367 g/mol. The number of nitrogens with one attached hydrogen (secondary N) is 1. The third kappa shape index (κ3) is 3.94. The highest BCUT2D eigenvalue weighted by Crippen LogP contribution is 2.32. The van der Waals surface area contributed by atoms with E-state index in [1.54, 1.807) is 0 Å². The number of hydrogen-bond acceptors (Lipinski definition) is 5. The van der Waals surface area contributed by atoms with E-state index in [1.165, 1.54) is 5.69 Å². The summed E-state index contributed by atoms with van der Waals surface area (Å²) in [6.07, 6.45) is 0. The van der Waals surface area contributed by atoms with Gasteiger partial charge < -0.3 is 24.6 Å². The van der Waals surface area contributed by atoms with E-state index in [9.17, 15) is 4.79 Å². The van der Waals surface area contributed by atoms with E-state index < -0.39 is 0 Å². The number of fused-ring (bicyclic) bond motifs is 1. The number of anilines is 2. The second-order valence-electron chi connectivity index (χ2n) is 6.87. The molecule has 2 aromatic rings. The fraction of sp³-hybridized carbons (Fsp3) is 0.381. The van der Waals surface area contributed by atoms with Crippen molar-refractivity contribution in [1.29, 1.82) is 0 Å². The van der Waals surface area contributed by atoms with E-state index in [-0.39, 0.29) is 11.9 Å². The molecule has 0 spiro atoms. The van der Waals surface area contributed by atoms with Crippen LogP contribution in [0.15, 0.2) is 48.5 Å². The number of carbonyl (C=O) groups excluding carboxylic acids is 1. The Kier molecular flexibility index (Phi) is 5.05. The minimum atomic E-state index is -0.296. The number of para-hydroxylation sites is 1. The average Bonchev–Trinajstić information content (AvgIpc) is 2.74. The van der Waals surface area contributed by atoms with Crippen LogP contribution in [0.3, 0.4) is 0 Å². The van der Waals surface area contributed by atoms with Crippen LogP contribution < -0.4 is 19.7 Å². The Morgan fingerprint density at radius 1 is 0.963 bits per heavy atom. The highest BCUT2D eigenvalue weighted by molar-refractivity contribution is 5.84. The zero-order valence-corrected chi connectivity index (χ0v) is 15.6. The summed E-state index contributed by atoms with van der Waals surface area (Å²) >= 11 is 0. The van der Waals surface area contributed by atoms with E-state index in [4.69, 9.17) is 9.47 Å². The number of hydrogen-bond donors (Lipinski definition) is 1. The molecule has 1 fully saturated rings. The zero-order chi connectivity index (χ0) is 18.6. The van der Waals surface area contributed by atoms with Gasteiger partial charge in [-0.3, -0.25) is 4.79 Å². The van der Waals surface area contributed by atoms with Gasteiger partial charge in [-0.05, 0) is 31.2 Å². The van der Waals surface area contributed by atoms with Gasteiger partial charge >= 0.3 is 0 Å². The van der Waals surface area contributed by atoms with Crippen LogP contribution in [0.2, 0.25) is 0 Å². The number of piperazine rings is 1. The largest absolute Gasteiger partial charge is 0.486 e. The fourth-order valence-electron chi connectivity index (χ4n) is 3.54. The second-order valence-corrected chi connectivity index (χ2v) is 6.87. The van der Waals surface area contributed by atoms with Gasteiger partial charge in [0.25, 0.3) is 0 Å². The highest BCUT2D eigenvalue weighted by atomic mass is 16.6. The third-order valence-electron chi connectivity index (χ3n) is 5.01. The van der Waals surface area contributed by atoms with Crippen molar-refractivity contribution in [2.75, 3.05) is 49.6 Å². The smallest absolute Gasteiger partial charge is 0.244 e. The van der Waals surface area contributed by atoms with Crippen molar-refractivity contribution >= 4 is 17.3 Å². The van der Waals surface area contributed by atoms with E-state index in [0.717, 1.165) is 43.4 Å². The number of amides is 1. The van der Waals surface area contributed by atoms with Gasteiger partial charge in [-0.1, -0.05) is 18.2 Å². The van der Waals surface area contributed by atoms with Crippen molar-refractivity contribution in [3.63, 3.8) is 0 Å². The Labute approximate surface area is 159 Å². The Morgan fingerprint density at radius 2 is 1.67 bits per heavy atom. The Bertz CT molecular complexity index is 789. The van der Waals surface area contributed by atoms with Crippen LogP contribution in [0.25, 0.3) is 0 Å². The molecule has 2 aromatic carbocycles. The monoisotopic (exact) mass is 367 g/mol. The molecule has 1 N–H and O–H groups in total. The number of benzene rings is 2. The third-order valence-corrected chi connectivity index (χ3v) is 5.01. The molecule has 0 aliphatic carbocycles. The molecule has 142 valence electrons.